The zero-order valence-electron chi connectivity index (χ0n) is 9.37. The van der Waals surface area contributed by atoms with Gasteiger partial charge in [0.05, 0.1) is 12.3 Å². The van der Waals surface area contributed by atoms with E-state index in [9.17, 15) is 21.6 Å². The molecule has 0 fully saturated rings. The van der Waals surface area contributed by atoms with E-state index in [1.54, 1.807) is 6.07 Å². The third kappa shape index (κ3) is 2.29. The average molecular weight is 372 g/mol. The number of halogens is 4. The molecule has 2 aliphatic heterocycles. The fourth-order valence-electron chi connectivity index (χ4n) is 1.60. The minimum Gasteiger partial charge on any atom is -0.378 e. The largest absolute Gasteiger partial charge is 0.534 e. The first-order valence-electron chi connectivity index (χ1n) is 4.93. The number of alkyl halides is 4. The van der Waals surface area contributed by atoms with E-state index in [-0.39, 0.29) is 0 Å². The summed E-state index contributed by atoms with van der Waals surface area (Å²) in [5.74, 6) is -0.555. The first-order chi connectivity index (χ1) is 9.11. The van der Waals surface area contributed by atoms with Crippen molar-refractivity contribution in [3.8, 4) is 6.07 Å². The van der Waals surface area contributed by atoms with Gasteiger partial charge in [-0.15, -0.1) is 0 Å². The van der Waals surface area contributed by atoms with Crippen molar-refractivity contribution in [2.45, 2.75) is 15.9 Å². The summed E-state index contributed by atoms with van der Waals surface area (Å²) in [6.07, 6.45) is 4.80. The zero-order valence-corrected chi connectivity index (χ0v) is 11.8. The Balaban J connectivity index is 2.37. The number of allylic oxidation sites excluding steroid dienone is 2. The normalized spacial score (nSPS) is 28.9. The Morgan fingerprint density at radius 2 is 2.20 bits per heavy atom. The van der Waals surface area contributed by atoms with Crippen LogP contribution in [0.4, 0.5) is 13.2 Å². The minimum absolute atomic E-state index is 0.555. The molecular weight excluding hydrogens is 367 g/mol. The van der Waals surface area contributed by atoms with E-state index in [2.05, 4.69) is 25.2 Å². The van der Waals surface area contributed by atoms with E-state index in [0.717, 1.165) is 17.3 Å². The molecule has 2 unspecified atom stereocenters. The molecule has 20 heavy (non-hydrogen) atoms. The van der Waals surface area contributed by atoms with Crippen molar-refractivity contribution in [1.29, 1.82) is 5.26 Å². The van der Waals surface area contributed by atoms with Crippen LogP contribution < -0.4 is 0 Å². The molecule has 0 aromatic carbocycles. The SMILES string of the molecule is N#CC1(Br)C=NN2C=CC=C(OS(=O)(=O)C(F)(F)F)C21. The van der Waals surface area contributed by atoms with Crippen molar-refractivity contribution >= 4 is 32.3 Å². The summed E-state index contributed by atoms with van der Waals surface area (Å²) in [5, 5.41) is 14.0. The second-order valence-electron chi connectivity index (χ2n) is 3.80. The highest BCUT2D eigenvalue weighted by Crippen LogP contribution is 2.39. The summed E-state index contributed by atoms with van der Waals surface area (Å²) in [6.45, 7) is 0. The first-order valence-corrected chi connectivity index (χ1v) is 7.13. The Kier molecular flexibility index (Phi) is 3.34. The maximum absolute atomic E-state index is 12.3. The molecule has 0 amide bonds. The van der Waals surface area contributed by atoms with Gasteiger partial charge in [0, 0.05) is 6.20 Å². The lowest BCUT2D eigenvalue weighted by Gasteiger charge is -2.30. The van der Waals surface area contributed by atoms with E-state index < -0.39 is 31.8 Å². The molecule has 11 heteroatoms. The van der Waals surface area contributed by atoms with Gasteiger partial charge >= 0.3 is 15.6 Å². The predicted molar refractivity (Wildman–Crippen MR) is 64.7 cm³/mol. The molecule has 108 valence electrons. The summed E-state index contributed by atoms with van der Waals surface area (Å²) >= 11 is 3.00. The predicted octanol–water partition coefficient (Wildman–Crippen LogP) is 1.59. The van der Waals surface area contributed by atoms with Crippen molar-refractivity contribution < 1.29 is 25.8 Å². The Hall–Kier alpha value is -1.54. The van der Waals surface area contributed by atoms with E-state index in [1.165, 1.54) is 12.3 Å². The molecule has 0 saturated carbocycles. The molecular formula is C9H5BrF3N3O3S. The van der Waals surface area contributed by atoms with Crippen molar-refractivity contribution in [3.05, 3.63) is 24.1 Å². The molecule has 0 N–H and O–H groups in total. The second-order valence-corrected chi connectivity index (χ2v) is 6.65. The van der Waals surface area contributed by atoms with Gasteiger partial charge in [0.2, 0.25) is 0 Å². The van der Waals surface area contributed by atoms with Gasteiger partial charge in [0.15, 0.2) is 4.32 Å². The Labute approximate surface area is 120 Å². The molecule has 0 saturated heterocycles. The molecule has 6 nitrogen and oxygen atoms in total. The fourth-order valence-corrected chi connectivity index (χ4v) is 2.62. The highest BCUT2D eigenvalue weighted by Gasteiger charge is 2.53. The molecule has 0 radical (unpaired) electrons. The fraction of sp³-hybridized carbons (Fsp3) is 0.333. The Bertz CT molecular complexity index is 664. The van der Waals surface area contributed by atoms with Gasteiger partial charge in [-0.1, -0.05) is 15.9 Å². The summed E-state index contributed by atoms with van der Waals surface area (Å²) in [4.78, 5) is 0. The summed E-state index contributed by atoms with van der Waals surface area (Å²) in [6, 6.07) is 0.645. The topological polar surface area (TPSA) is 82.8 Å². The molecule has 0 aromatic heterocycles. The number of nitrogens with zero attached hydrogens (tertiary/aromatic N) is 3. The van der Waals surface area contributed by atoms with Gasteiger partial charge in [0.1, 0.15) is 11.8 Å². The smallest absolute Gasteiger partial charge is 0.378 e. The van der Waals surface area contributed by atoms with Gasteiger partial charge in [-0.25, -0.2) is 0 Å². The first kappa shape index (κ1) is 14.9. The van der Waals surface area contributed by atoms with E-state index in [1.807, 2.05) is 0 Å². The van der Waals surface area contributed by atoms with Gasteiger partial charge in [0.25, 0.3) is 0 Å². The lowest BCUT2D eigenvalue weighted by molar-refractivity contribution is -0.0528. The summed E-state index contributed by atoms with van der Waals surface area (Å²) in [7, 11) is -5.81. The number of nitriles is 1. The second kappa shape index (κ2) is 4.49. The highest BCUT2D eigenvalue weighted by atomic mass is 79.9. The van der Waals surface area contributed by atoms with E-state index >= 15 is 0 Å². The number of rotatable bonds is 2. The van der Waals surface area contributed by atoms with Crippen LogP contribution in [0.25, 0.3) is 0 Å². The average Bonchev–Trinajstić information content (AvgIpc) is 2.67. The van der Waals surface area contributed by atoms with Crippen LogP contribution in [0.2, 0.25) is 0 Å². The zero-order chi connectivity index (χ0) is 15.2. The molecule has 2 atom stereocenters. The summed E-state index contributed by atoms with van der Waals surface area (Å²) < 4.78 is 61.7. The van der Waals surface area contributed by atoms with Crippen LogP contribution in [0.5, 0.6) is 0 Å². The van der Waals surface area contributed by atoms with Crippen molar-refractivity contribution in [3.63, 3.8) is 0 Å². The standard InChI is InChI=1S/C9H5BrF3N3O3S/c10-8(4-14)5-15-16-3-1-2-6(7(8)16)19-20(17,18)9(11,12)13/h1-3,5,7H. The number of hydrogen-bond acceptors (Lipinski definition) is 6. The molecule has 0 aromatic rings. The van der Waals surface area contributed by atoms with Gasteiger partial charge in [-0.3, -0.25) is 5.01 Å². The third-order valence-electron chi connectivity index (χ3n) is 2.47. The Morgan fingerprint density at radius 3 is 2.75 bits per heavy atom. The highest BCUT2D eigenvalue weighted by molar-refractivity contribution is 9.10. The van der Waals surface area contributed by atoms with Crippen LogP contribution in [0.1, 0.15) is 0 Å². The maximum Gasteiger partial charge on any atom is 0.534 e. The van der Waals surface area contributed by atoms with Gasteiger partial charge in [-0.2, -0.15) is 32.0 Å². The minimum atomic E-state index is -5.81. The third-order valence-corrected chi connectivity index (χ3v) is 4.27. The van der Waals surface area contributed by atoms with E-state index in [0.29, 0.717) is 0 Å². The van der Waals surface area contributed by atoms with Crippen LogP contribution in [-0.2, 0) is 14.3 Å². The number of fused-ring (bicyclic) bond motifs is 1. The van der Waals surface area contributed by atoms with Crippen LogP contribution in [0.15, 0.2) is 29.2 Å². The monoisotopic (exact) mass is 371 g/mol. The van der Waals surface area contributed by atoms with Crippen LogP contribution >= 0.6 is 15.9 Å². The van der Waals surface area contributed by atoms with Crippen molar-refractivity contribution in [2.24, 2.45) is 5.10 Å². The van der Waals surface area contributed by atoms with Crippen molar-refractivity contribution in [2.75, 3.05) is 0 Å². The van der Waals surface area contributed by atoms with Crippen LogP contribution in [0.3, 0.4) is 0 Å². The number of hydrogen-bond donors (Lipinski definition) is 0. The number of hydrazone groups is 1. The maximum atomic E-state index is 12.3. The van der Waals surface area contributed by atoms with Gasteiger partial charge in [-0.05, 0) is 12.2 Å². The van der Waals surface area contributed by atoms with Crippen LogP contribution in [-0.4, -0.2) is 35.5 Å². The lowest BCUT2D eigenvalue weighted by Crippen LogP contribution is -2.44. The molecule has 2 aliphatic rings. The summed E-state index contributed by atoms with van der Waals surface area (Å²) in [5.41, 5.74) is -5.55. The van der Waals surface area contributed by atoms with E-state index in [4.69, 9.17) is 5.26 Å². The quantitative estimate of drug-likeness (QED) is 0.418. The molecule has 0 spiro atoms. The molecule has 0 aliphatic carbocycles. The van der Waals surface area contributed by atoms with Crippen LogP contribution in [0, 0.1) is 11.3 Å². The lowest BCUT2D eigenvalue weighted by atomic mass is 10.00. The van der Waals surface area contributed by atoms with Gasteiger partial charge < -0.3 is 4.18 Å². The molecule has 2 heterocycles. The molecule has 2 rings (SSSR count). The molecule has 0 bridgehead atoms. The van der Waals surface area contributed by atoms with Crippen molar-refractivity contribution in [1.82, 2.24) is 5.01 Å². The Morgan fingerprint density at radius 1 is 1.55 bits per heavy atom.